The molecular weight excluding hydrogens is 220 g/mol. The Hall–Kier alpha value is -0.740. The monoisotopic (exact) mass is 232 g/mol. The SMILES string of the molecule is C=C(CCl)c1sc(N(C)C)nc1OC. The van der Waals surface area contributed by atoms with Crippen molar-refractivity contribution in [2.45, 2.75) is 0 Å². The Balaban J connectivity index is 3.08. The van der Waals surface area contributed by atoms with Crippen molar-refractivity contribution in [3.05, 3.63) is 11.5 Å². The quantitative estimate of drug-likeness (QED) is 0.746. The van der Waals surface area contributed by atoms with Crippen LogP contribution in [0.4, 0.5) is 5.13 Å². The third-order valence-electron chi connectivity index (χ3n) is 1.64. The molecule has 1 aromatic rings. The lowest BCUT2D eigenvalue weighted by Crippen LogP contribution is -2.07. The number of anilines is 1. The Morgan fingerprint density at radius 3 is 2.71 bits per heavy atom. The second-order valence-corrected chi connectivity index (χ2v) is 4.21. The van der Waals surface area contributed by atoms with Gasteiger partial charge in [0.15, 0.2) is 5.13 Å². The first kappa shape index (κ1) is 11.3. The average molecular weight is 233 g/mol. The van der Waals surface area contributed by atoms with E-state index in [0.29, 0.717) is 11.8 Å². The second-order valence-electron chi connectivity index (χ2n) is 2.97. The Morgan fingerprint density at radius 1 is 1.64 bits per heavy atom. The van der Waals surface area contributed by atoms with Crippen LogP contribution in [0.3, 0.4) is 0 Å². The lowest BCUT2D eigenvalue weighted by atomic mass is 10.3. The Morgan fingerprint density at radius 2 is 2.29 bits per heavy atom. The van der Waals surface area contributed by atoms with Gasteiger partial charge in [0.05, 0.1) is 12.0 Å². The molecule has 0 bridgehead atoms. The number of hydrogen-bond donors (Lipinski definition) is 0. The topological polar surface area (TPSA) is 25.4 Å². The van der Waals surface area contributed by atoms with E-state index in [9.17, 15) is 0 Å². The average Bonchev–Trinajstić information content (AvgIpc) is 2.60. The fourth-order valence-corrected chi connectivity index (χ4v) is 2.05. The Labute approximate surface area is 93.0 Å². The molecular formula is C9H13ClN2OS. The van der Waals surface area contributed by atoms with Gasteiger partial charge in [-0.15, -0.1) is 11.6 Å². The summed E-state index contributed by atoms with van der Waals surface area (Å²) in [4.78, 5) is 7.15. The largest absolute Gasteiger partial charge is 0.480 e. The molecule has 1 rings (SSSR count). The lowest BCUT2D eigenvalue weighted by Gasteiger charge is -2.04. The van der Waals surface area contributed by atoms with Crippen molar-refractivity contribution in [1.82, 2.24) is 4.98 Å². The fraction of sp³-hybridized carbons (Fsp3) is 0.444. The molecule has 0 radical (unpaired) electrons. The highest BCUT2D eigenvalue weighted by Crippen LogP contribution is 2.35. The normalized spacial score (nSPS) is 10.0. The maximum Gasteiger partial charge on any atom is 0.233 e. The third-order valence-corrected chi connectivity index (χ3v) is 3.27. The van der Waals surface area contributed by atoms with E-state index in [2.05, 4.69) is 11.6 Å². The Bertz CT molecular complexity index is 336. The number of aromatic nitrogens is 1. The van der Waals surface area contributed by atoms with E-state index < -0.39 is 0 Å². The van der Waals surface area contributed by atoms with E-state index in [-0.39, 0.29) is 0 Å². The van der Waals surface area contributed by atoms with Crippen molar-refractivity contribution < 1.29 is 4.74 Å². The van der Waals surface area contributed by atoms with Gasteiger partial charge in [-0.1, -0.05) is 17.9 Å². The van der Waals surface area contributed by atoms with Crippen LogP contribution < -0.4 is 9.64 Å². The van der Waals surface area contributed by atoms with Gasteiger partial charge in [-0.25, -0.2) is 0 Å². The number of methoxy groups -OCH3 is 1. The van der Waals surface area contributed by atoms with Crippen LogP contribution in [-0.4, -0.2) is 32.1 Å². The molecule has 0 saturated heterocycles. The molecule has 14 heavy (non-hydrogen) atoms. The smallest absolute Gasteiger partial charge is 0.233 e. The number of nitrogens with zero attached hydrogens (tertiary/aromatic N) is 2. The number of halogens is 1. The first-order valence-electron chi connectivity index (χ1n) is 4.06. The highest BCUT2D eigenvalue weighted by molar-refractivity contribution is 7.17. The van der Waals surface area contributed by atoms with Crippen LogP contribution in [-0.2, 0) is 0 Å². The molecule has 3 nitrogen and oxygen atoms in total. The van der Waals surface area contributed by atoms with E-state index in [1.807, 2.05) is 19.0 Å². The minimum absolute atomic E-state index is 0.394. The highest BCUT2D eigenvalue weighted by atomic mass is 35.5. The molecule has 1 heterocycles. The summed E-state index contributed by atoms with van der Waals surface area (Å²) in [5.74, 6) is 0.996. The van der Waals surface area contributed by atoms with Gasteiger partial charge in [0.1, 0.15) is 0 Å². The summed E-state index contributed by atoms with van der Waals surface area (Å²) in [5.41, 5.74) is 0.842. The first-order valence-corrected chi connectivity index (χ1v) is 5.41. The minimum Gasteiger partial charge on any atom is -0.480 e. The molecule has 0 spiro atoms. The summed E-state index contributed by atoms with van der Waals surface area (Å²) < 4.78 is 5.15. The highest BCUT2D eigenvalue weighted by Gasteiger charge is 2.14. The number of hydrogen-bond acceptors (Lipinski definition) is 4. The fourth-order valence-electron chi connectivity index (χ4n) is 0.909. The molecule has 0 N–H and O–H groups in total. The molecule has 5 heteroatoms. The van der Waals surface area contributed by atoms with Crippen LogP contribution in [0.15, 0.2) is 6.58 Å². The number of thiazole rings is 1. The molecule has 0 amide bonds. The molecule has 78 valence electrons. The van der Waals surface area contributed by atoms with Gasteiger partial charge in [0.25, 0.3) is 0 Å². The summed E-state index contributed by atoms with van der Waals surface area (Å²) in [6.07, 6.45) is 0. The lowest BCUT2D eigenvalue weighted by molar-refractivity contribution is 0.400. The van der Waals surface area contributed by atoms with E-state index in [1.165, 1.54) is 11.3 Å². The van der Waals surface area contributed by atoms with Crippen LogP contribution in [0.2, 0.25) is 0 Å². The summed E-state index contributed by atoms with van der Waals surface area (Å²) in [7, 11) is 5.47. The zero-order valence-corrected chi connectivity index (χ0v) is 10.1. The summed E-state index contributed by atoms with van der Waals surface area (Å²) in [6, 6.07) is 0. The van der Waals surface area contributed by atoms with Crippen LogP contribution >= 0.6 is 22.9 Å². The van der Waals surface area contributed by atoms with Crippen LogP contribution in [0.5, 0.6) is 5.88 Å². The molecule has 0 aromatic carbocycles. The minimum atomic E-state index is 0.394. The van der Waals surface area contributed by atoms with Gasteiger partial charge in [-0.3, -0.25) is 0 Å². The summed E-state index contributed by atoms with van der Waals surface area (Å²) >= 11 is 7.25. The zero-order valence-electron chi connectivity index (χ0n) is 8.50. The maximum absolute atomic E-state index is 5.71. The van der Waals surface area contributed by atoms with E-state index in [0.717, 1.165) is 15.6 Å². The Kier molecular flexibility index (Phi) is 3.77. The molecule has 1 aromatic heterocycles. The summed E-state index contributed by atoms with van der Waals surface area (Å²) in [5, 5.41) is 0.892. The molecule has 0 aliphatic heterocycles. The number of ether oxygens (including phenoxy) is 1. The standard InChI is InChI=1S/C9H13ClN2OS/c1-6(5-10)7-8(13-4)11-9(14-7)12(2)3/h1,5H2,2-4H3. The van der Waals surface area contributed by atoms with E-state index in [4.69, 9.17) is 16.3 Å². The van der Waals surface area contributed by atoms with Crippen LogP contribution in [0, 0.1) is 0 Å². The molecule has 0 aliphatic carbocycles. The second kappa shape index (κ2) is 4.66. The van der Waals surface area contributed by atoms with Gasteiger partial charge in [-0.2, -0.15) is 4.98 Å². The van der Waals surface area contributed by atoms with Gasteiger partial charge >= 0.3 is 0 Å². The van der Waals surface area contributed by atoms with Gasteiger partial charge in [-0.05, 0) is 5.57 Å². The molecule has 0 unspecified atom stereocenters. The summed E-state index contributed by atoms with van der Waals surface area (Å²) in [6.45, 7) is 3.86. The van der Waals surface area contributed by atoms with Crippen LogP contribution in [0.1, 0.15) is 4.88 Å². The molecule has 0 aliphatic rings. The van der Waals surface area contributed by atoms with Gasteiger partial charge in [0.2, 0.25) is 5.88 Å². The molecule has 0 fully saturated rings. The molecule has 0 atom stereocenters. The van der Waals surface area contributed by atoms with E-state index in [1.54, 1.807) is 7.11 Å². The number of allylic oxidation sites excluding steroid dienone is 1. The van der Waals surface area contributed by atoms with Crippen molar-refractivity contribution >= 4 is 33.6 Å². The van der Waals surface area contributed by atoms with Crippen molar-refractivity contribution in [1.29, 1.82) is 0 Å². The van der Waals surface area contributed by atoms with Crippen LogP contribution in [0.25, 0.3) is 5.57 Å². The zero-order chi connectivity index (χ0) is 10.7. The number of alkyl halides is 1. The predicted octanol–water partition coefficient (Wildman–Crippen LogP) is 2.47. The van der Waals surface area contributed by atoms with Crippen molar-refractivity contribution in [3.63, 3.8) is 0 Å². The number of rotatable bonds is 4. The van der Waals surface area contributed by atoms with Crippen molar-refractivity contribution in [2.75, 3.05) is 32.0 Å². The van der Waals surface area contributed by atoms with Gasteiger partial charge in [0, 0.05) is 20.0 Å². The first-order chi connectivity index (χ1) is 6.60. The molecule has 0 saturated carbocycles. The van der Waals surface area contributed by atoms with E-state index >= 15 is 0 Å². The van der Waals surface area contributed by atoms with Crippen molar-refractivity contribution in [2.24, 2.45) is 0 Å². The maximum atomic E-state index is 5.71. The predicted molar refractivity (Wildman–Crippen MR) is 62.7 cm³/mol. The third kappa shape index (κ3) is 2.19. The van der Waals surface area contributed by atoms with Crippen molar-refractivity contribution in [3.8, 4) is 5.88 Å². The van der Waals surface area contributed by atoms with Gasteiger partial charge < -0.3 is 9.64 Å².